The summed E-state index contributed by atoms with van der Waals surface area (Å²) in [6, 6.07) is 7.27. The molecule has 0 saturated heterocycles. The van der Waals surface area contributed by atoms with Gasteiger partial charge in [-0.2, -0.15) is 0 Å². The van der Waals surface area contributed by atoms with Crippen molar-refractivity contribution in [2.45, 2.75) is 70.8 Å². The van der Waals surface area contributed by atoms with Crippen LogP contribution in [0.25, 0.3) is 0 Å². The quantitative estimate of drug-likeness (QED) is 0.188. The van der Waals surface area contributed by atoms with Gasteiger partial charge < -0.3 is 15.0 Å². The number of rotatable bonds is 15. The van der Waals surface area contributed by atoms with E-state index < -0.39 is 13.0 Å². The molecular formula is C25H42F2N4O2. The number of urea groups is 1. The van der Waals surface area contributed by atoms with Crippen LogP contribution in [-0.4, -0.2) is 50.6 Å². The highest BCUT2D eigenvalue weighted by atomic mass is 19.3. The van der Waals surface area contributed by atoms with Crippen molar-refractivity contribution >= 4 is 6.03 Å². The Morgan fingerprint density at radius 2 is 1.97 bits per heavy atom. The number of amides is 2. The number of ether oxygens (including phenoxy) is 1. The standard InChI is InChI=1S/C21H32F2N4O2.C4H10/c1-3-13-27(20(28)24-2)14-6-4-5-12-25-26-21(10-11-21)17-8-7-9-18(15-17)29-16-19(22)23;1-3-4-2/h3,7-9,15,19,25-26H,1,4-6,10-14,16H2,2H3,(H,24,28);3-4H2,1-2H3. The van der Waals surface area contributed by atoms with Crippen LogP contribution in [0.1, 0.15) is 64.4 Å². The SMILES string of the molecule is C=CCN(CCCCCNNC1(c2cccc(OCC(F)F)c2)CC1)C(=O)NC.CCCC. The Morgan fingerprint density at radius 3 is 2.55 bits per heavy atom. The molecule has 33 heavy (non-hydrogen) atoms. The summed E-state index contributed by atoms with van der Waals surface area (Å²) < 4.78 is 29.8. The van der Waals surface area contributed by atoms with Crippen molar-refractivity contribution < 1.29 is 18.3 Å². The summed E-state index contributed by atoms with van der Waals surface area (Å²) in [7, 11) is 1.63. The van der Waals surface area contributed by atoms with E-state index in [1.807, 2.05) is 18.2 Å². The van der Waals surface area contributed by atoms with Crippen molar-refractivity contribution in [3.63, 3.8) is 0 Å². The Kier molecular flexibility index (Phi) is 14.4. The smallest absolute Gasteiger partial charge is 0.317 e. The second kappa shape index (κ2) is 16.4. The fraction of sp³-hybridized carbons (Fsp3) is 0.640. The van der Waals surface area contributed by atoms with Crippen LogP contribution in [0.4, 0.5) is 13.6 Å². The molecule has 3 N–H and O–H groups in total. The molecule has 0 radical (unpaired) electrons. The molecule has 1 aromatic carbocycles. The molecule has 1 aliphatic carbocycles. The van der Waals surface area contributed by atoms with Crippen LogP contribution < -0.4 is 20.9 Å². The Labute approximate surface area is 198 Å². The predicted octanol–water partition coefficient (Wildman–Crippen LogP) is 5.22. The lowest BCUT2D eigenvalue weighted by Gasteiger charge is -2.21. The van der Waals surface area contributed by atoms with E-state index >= 15 is 0 Å². The summed E-state index contributed by atoms with van der Waals surface area (Å²) in [5.74, 6) is 0.469. The van der Waals surface area contributed by atoms with Crippen LogP contribution in [0.15, 0.2) is 36.9 Å². The molecule has 0 atom stereocenters. The largest absolute Gasteiger partial charge is 0.488 e. The van der Waals surface area contributed by atoms with E-state index in [-0.39, 0.29) is 11.6 Å². The Hall–Kier alpha value is -2.19. The van der Waals surface area contributed by atoms with Gasteiger partial charge in [-0.25, -0.2) is 19.0 Å². The summed E-state index contributed by atoms with van der Waals surface area (Å²) in [6.45, 7) is 9.51. The number of carbonyl (C=O) groups excluding carboxylic acids is 1. The Balaban J connectivity index is 0.00000125. The van der Waals surface area contributed by atoms with Gasteiger partial charge in [-0.15, -0.1) is 6.58 Å². The molecule has 188 valence electrons. The predicted molar refractivity (Wildman–Crippen MR) is 131 cm³/mol. The number of carbonyl (C=O) groups is 1. The van der Waals surface area contributed by atoms with Crippen molar-refractivity contribution in [3.05, 3.63) is 42.5 Å². The molecule has 8 heteroatoms. The van der Waals surface area contributed by atoms with Crippen molar-refractivity contribution in [2.75, 3.05) is 33.3 Å². The average molecular weight is 469 g/mol. The molecule has 1 aliphatic rings. The van der Waals surface area contributed by atoms with Gasteiger partial charge in [-0.1, -0.05) is 51.3 Å². The average Bonchev–Trinajstić information content (AvgIpc) is 3.62. The summed E-state index contributed by atoms with van der Waals surface area (Å²) in [6.07, 6.45) is 6.77. The van der Waals surface area contributed by atoms with E-state index in [2.05, 4.69) is 36.6 Å². The second-order valence-electron chi connectivity index (χ2n) is 8.21. The molecule has 0 bridgehead atoms. The highest BCUT2D eigenvalue weighted by Gasteiger charge is 2.44. The number of hydrogen-bond donors (Lipinski definition) is 3. The number of nitrogens with zero attached hydrogens (tertiary/aromatic N) is 1. The van der Waals surface area contributed by atoms with Gasteiger partial charge in [0.25, 0.3) is 6.43 Å². The minimum absolute atomic E-state index is 0.0832. The minimum atomic E-state index is -2.48. The highest BCUT2D eigenvalue weighted by molar-refractivity contribution is 5.73. The van der Waals surface area contributed by atoms with E-state index in [1.54, 1.807) is 24.1 Å². The van der Waals surface area contributed by atoms with Gasteiger partial charge in [0.05, 0.1) is 5.54 Å². The van der Waals surface area contributed by atoms with Gasteiger partial charge in [0.2, 0.25) is 0 Å². The lowest BCUT2D eigenvalue weighted by molar-refractivity contribution is 0.0818. The normalized spacial score (nSPS) is 13.6. The molecule has 6 nitrogen and oxygen atoms in total. The minimum Gasteiger partial charge on any atom is -0.488 e. The first kappa shape index (κ1) is 28.8. The maximum atomic E-state index is 12.3. The van der Waals surface area contributed by atoms with Crippen LogP contribution in [0.3, 0.4) is 0 Å². The van der Waals surface area contributed by atoms with E-state index in [9.17, 15) is 13.6 Å². The zero-order valence-electron chi connectivity index (χ0n) is 20.5. The van der Waals surface area contributed by atoms with Crippen molar-refractivity contribution in [1.82, 2.24) is 21.1 Å². The van der Waals surface area contributed by atoms with Gasteiger partial charge in [0.15, 0.2) is 0 Å². The zero-order chi connectivity index (χ0) is 24.5. The molecule has 2 amide bonds. The molecule has 1 saturated carbocycles. The van der Waals surface area contributed by atoms with E-state index in [0.717, 1.165) is 44.2 Å². The summed E-state index contributed by atoms with van der Waals surface area (Å²) in [4.78, 5) is 13.5. The number of benzene rings is 1. The molecule has 0 heterocycles. The molecule has 2 rings (SSSR count). The summed E-state index contributed by atoms with van der Waals surface area (Å²) in [5.41, 5.74) is 7.56. The molecule has 0 spiro atoms. The number of hydrogen-bond acceptors (Lipinski definition) is 4. The number of nitrogens with one attached hydrogen (secondary N) is 3. The van der Waals surface area contributed by atoms with Gasteiger partial charge in [-0.3, -0.25) is 5.43 Å². The third-order valence-electron chi connectivity index (χ3n) is 5.42. The number of halogens is 2. The maximum absolute atomic E-state index is 12.3. The van der Waals surface area contributed by atoms with E-state index in [0.29, 0.717) is 18.8 Å². The second-order valence-corrected chi connectivity index (χ2v) is 8.21. The van der Waals surface area contributed by atoms with Crippen LogP contribution >= 0.6 is 0 Å². The number of alkyl halides is 2. The van der Waals surface area contributed by atoms with Gasteiger partial charge in [0.1, 0.15) is 12.4 Å². The first-order chi connectivity index (χ1) is 15.9. The van der Waals surface area contributed by atoms with E-state index in [1.165, 1.54) is 12.8 Å². The Morgan fingerprint density at radius 1 is 1.24 bits per heavy atom. The number of hydrazine groups is 1. The molecule has 0 aromatic heterocycles. The molecule has 0 aliphatic heterocycles. The fourth-order valence-corrected chi connectivity index (χ4v) is 3.17. The van der Waals surface area contributed by atoms with Gasteiger partial charge >= 0.3 is 6.03 Å². The first-order valence-corrected chi connectivity index (χ1v) is 12.0. The van der Waals surface area contributed by atoms with Crippen LogP contribution in [0.2, 0.25) is 0 Å². The van der Waals surface area contributed by atoms with Gasteiger partial charge in [0, 0.05) is 26.7 Å². The summed E-state index contributed by atoms with van der Waals surface area (Å²) in [5, 5.41) is 2.64. The lowest BCUT2D eigenvalue weighted by atomic mass is 10.1. The van der Waals surface area contributed by atoms with Crippen molar-refractivity contribution in [2.24, 2.45) is 0 Å². The van der Waals surface area contributed by atoms with Crippen molar-refractivity contribution in [3.8, 4) is 5.75 Å². The highest BCUT2D eigenvalue weighted by Crippen LogP contribution is 2.45. The lowest BCUT2D eigenvalue weighted by Crippen LogP contribution is -2.41. The van der Waals surface area contributed by atoms with E-state index in [4.69, 9.17) is 4.74 Å². The molecule has 0 unspecified atom stereocenters. The third-order valence-corrected chi connectivity index (χ3v) is 5.42. The molecule has 1 aromatic rings. The number of unbranched alkanes of at least 4 members (excludes halogenated alkanes) is 3. The maximum Gasteiger partial charge on any atom is 0.317 e. The van der Waals surface area contributed by atoms with Crippen LogP contribution in [-0.2, 0) is 5.54 Å². The fourth-order valence-electron chi connectivity index (χ4n) is 3.17. The Bertz CT molecular complexity index is 682. The monoisotopic (exact) mass is 468 g/mol. The van der Waals surface area contributed by atoms with Crippen LogP contribution in [0.5, 0.6) is 5.75 Å². The zero-order valence-corrected chi connectivity index (χ0v) is 20.5. The topological polar surface area (TPSA) is 65.6 Å². The molecule has 1 fully saturated rings. The van der Waals surface area contributed by atoms with Gasteiger partial charge in [-0.05, 0) is 43.4 Å². The first-order valence-electron chi connectivity index (χ1n) is 12.0. The molecular weight excluding hydrogens is 426 g/mol. The third kappa shape index (κ3) is 11.5. The van der Waals surface area contributed by atoms with Crippen LogP contribution in [0, 0.1) is 0 Å². The summed E-state index contributed by atoms with van der Waals surface area (Å²) >= 11 is 0. The van der Waals surface area contributed by atoms with Crippen molar-refractivity contribution in [1.29, 1.82) is 0 Å².